The number of amides is 1. The molecule has 0 heterocycles. The average molecular weight is 257 g/mol. The minimum absolute atomic E-state index is 0.206. The predicted molar refractivity (Wildman–Crippen MR) is 54.3 cm³/mol. The predicted octanol–water partition coefficient (Wildman–Crippen LogP) is -0.419. The van der Waals surface area contributed by atoms with Crippen LogP contribution in [0.1, 0.15) is 20.3 Å². The number of carboxylic acids is 1. The molecule has 96 valence electrons. The monoisotopic (exact) mass is 257 g/mol. The van der Waals surface area contributed by atoms with Crippen LogP contribution in [0.5, 0.6) is 0 Å². The summed E-state index contributed by atoms with van der Waals surface area (Å²) in [7, 11) is -4.67. The van der Waals surface area contributed by atoms with Gasteiger partial charge in [-0.15, -0.1) is 0 Å². The third-order valence-corrected chi connectivity index (χ3v) is 1.03. The van der Waals surface area contributed by atoms with Gasteiger partial charge in [-0.05, 0) is 5.92 Å². The van der Waals surface area contributed by atoms with Crippen LogP contribution in [0, 0.1) is 5.92 Å². The molecule has 0 aromatic heterocycles. The van der Waals surface area contributed by atoms with Gasteiger partial charge in [0, 0.05) is 6.42 Å². The van der Waals surface area contributed by atoms with E-state index in [0.29, 0.717) is 6.42 Å². The summed E-state index contributed by atoms with van der Waals surface area (Å²) in [6, 6.07) is 0. The SMILES string of the molecule is CC(C)CC(=O)NCC(=O)O.O=S(=O)(O)O. The number of aliphatic carboxylic acids is 1. The summed E-state index contributed by atoms with van der Waals surface area (Å²) in [5.74, 6) is -0.951. The maximum Gasteiger partial charge on any atom is 0.394 e. The fourth-order valence-corrected chi connectivity index (χ4v) is 0.617. The molecule has 0 aliphatic heterocycles. The van der Waals surface area contributed by atoms with Gasteiger partial charge in [0.15, 0.2) is 0 Å². The van der Waals surface area contributed by atoms with Crippen molar-refractivity contribution in [3.63, 3.8) is 0 Å². The first kappa shape index (κ1) is 17.2. The molecular formula is C7H15NO7S. The number of carbonyl (C=O) groups is 2. The van der Waals surface area contributed by atoms with Crippen molar-refractivity contribution < 1.29 is 32.2 Å². The summed E-state index contributed by atoms with van der Waals surface area (Å²) in [5, 5.41) is 10.5. The Kier molecular flexibility index (Phi) is 8.63. The molecule has 4 N–H and O–H groups in total. The molecule has 0 spiro atoms. The van der Waals surface area contributed by atoms with Gasteiger partial charge in [-0.3, -0.25) is 18.7 Å². The summed E-state index contributed by atoms with van der Waals surface area (Å²) in [4.78, 5) is 20.8. The van der Waals surface area contributed by atoms with E-state index in [2.05, 4.69) is 5.32 Å². The van der Waals surface area contributed by atoms with Crippen LogP contribution in [-0.4, -0.2) is 41.1 Å². The van der Waals surface area contributed by atoms with Crippen molar-refractivity contribution in [3.8, 4) is 0 Å². The second-order valence-electron chi connectivity index (χ2n) is 3.22. The second kappa shape index (κ2) is 8.02. The normalized spacial score (nSPS) is 10.3. The lowest BCUT2D eigenvalue weighted by Crippen LogP contribution is -2.29. The molecule has 1 amide bonds. The third-order valence-electron chi connectivity index (χ3n) is 1.03. The molecule has 0 unspecified atom stereocenters. The summed E-state index contributed by atoms with van der Waals surface area (Å²) in [6.45, 7) is 3.52. The molecule has 0 aliphatic carbocycles. The van der Waals surface area contributed by atoms with E-state index in [9.17, 15) is 9.59 Å². The highest BCUT2D eigenvalue weighted by Gasteiger charge is 2.05. The van der Waals surface area contributed by atoms with Crippen molar-refractivity contribution >= 4 is 22.3 Å². The van der Waals surface area contributed by atoms with Crippen LogP contribution in [0.3, 0.4) is 0 Å². The molecule has 8 nitrogen and oxygen atoms in total. The Labute approximate surface area is 93.2 Å². The van der Waals surface area contributed by atoms with Crippen LogP contribution in [0.2, 0.25) is 0 Å². The molecular weight excluding hydrogens is 242 g/mol. The molecule has 0 radical (unpaired) electrons. The van der Waals surface area contributed by atoms with Crippen LogP contribution >= 0.6 is 0 Å². The van der Waals surface area contributed by atoms with E-state index in [4.69, 9.17) is 22.6 Å². The zero-order chi connectivity index (χ0) is 13.4. The maximum absolute atomic E-state index is 10.8. The Bertz CT molecular complexity index is 314. The van der Waals surface area contributed by atoms with E-state index in [1.807, 2.05) is 13.8 Å². The number of nitrogens with one attached hydrogen (secondary N) is 1. The first-order chi connectivity index (χ1) is 7.02. The maximum atomic E-state index is 10.8. The summed E-state index contributed by atoms with van der Waals surface area (Å²) < 4.78 is 31.6. The van der Waals surface area contributed by atoms with E-state index < -0.39 is 16.4 Å². The van der Waals surface area contributed by atoms with Gasteiger partial charge < -0.3 is 10.4 Å². The number of hydrogen-bond donors (Lipinski definition) is 4. The van der Waals surface area contributed by atoms with Crippen molar-refractivity contribution in [3.05, 3.63) is 0 Å². The van der Waals surface area contributed by atoms with E-state index in [1.165, 1.54) is 0 Å². The largest absolute Gasteiger partial charge is 0.480 e. The molecule has 16 heavy (non-hydrogen) atoms. The summed E-state index contributed by atoms with van der Waals surface area (Å²) in [6.07, 6.45) is 0.382. The van der Waals surface area contributed by atoms with Crippen molar-refractivity contribution in [2.45, 2.75) is 20.3 Å². The smallest absolute Gasteiger partial charge is 0.394 e. The number of carboxylic acid groups (broad SMARTS) is 1. The van der Waals surface area contributed by atoms with E-state index in [1.54, 1.807) is 0 Å². The zero-order valence-electron chi connectivity index (χ0n) is 8.87. The van der Waals surface area contributed by atoms with Crippen LogP contribution in [-0.2, 0) is 20.0 Å². The van der Waals surface area contributed by atoms with Gasteiger partial charge in [-0.1, -0.05) is 13.8 Å². The van der Waals surface area contributed by atoms with Gasteiger partial charge in [-0.2, -0.15) is 8.42 Å². The Morgan fingerprint density at radius 1 is 1.25 bits per heavy atom. The van der Waals surface area contributed by atoms with Gasteiger partial charge in [0.25, 0.3) is 0 Å². The van der Waals surface area contributed by atoms with Crippen LogP contribution < -0.4 is 5.32 Å². The van der Waals surface area contributed by atoms with Crippen molar-refractivity contribution in [2.24, 2.45) is 5.92 Å². The molecule has 0 aromatic rings. The highest BCUT2D eigenvalue weighted by atomic mass is 32.3. The van der Waals surface area contributed by atoms with Crippen LogP contribution in [0.15, 0.2) is 0 Å². The highest BCUT2D eigenvalue weighted by molar-refractivity contribution is 7.79. The quantitative estimate of drug-likeness (QED) is 0.501. The fourth-order valence-electron chi connectivity index (χ4n) is 0.617. The van der Waals surface area contributed by atoms with Crippen LogP contribution in [0.25, 0.3) is 0 Å². The Balaban J connectivity index is 0. The average Bonchev–Trinajstić information content (AvgIpc) is 1.96. The highest BCUT2D eigenvalue weighted by Crippen LogP contribution is 1.97. The molecule has 0 saturated heterocycles. The summed E-state index contributed by atoms with van der Waals surface area (Å²) >= 11 is 0. The Hall–Kier alpha value is -1.19. The van der Waals surface area contributed by atoms with Crippen molar-refractivity contribution in [2.75, 3.05) is 6.54 Å². The molecule has 0 bridgehead atoms. The number of carbonyl (C=O) groups excluding carboxylic acids is 1. The molecule has 0 fully saturated rings. The van der Waals surface area contributed by atoms with Gasteiger partial charge in [0.1, 0.15) is 6.54 Å². The molecule has 0 atom stereocenters. The fraction of sp³-hybridized carbons (Fsp3) is 0.714. The molecule has 0 aliphatic rings. The van der Waals surface area contributed by atoms with Gasteiger partial charge >= 0.3 is 16.4 Å². The van der Waals surface area contributed by atoms with Crippen LogP contribution in [0.4, 0.5) is 0 Å². The first-order valence-corrected chi connectivity index (χ1v) is 5.60. The Morgan fingerprint density at radius 2 is 1.62 bits per heavy atom. The van der Waals surface area contributed by atoms with E-state index in [-0.39, 0.29) is 18.4 Å². The molecule has 0 rings (SSSR count). The number of hydrogen-bond acceptors (Lipinski definition) is 4. The minimum atomic E-state index is -4.67. The molecule has 0 saturated carbocycles. The standard InChI is InChI=1S/C7H13NO3.H2O4S/c1-5(2)3-6(9)8-4-7(10)11;1-5(2,3)4/h5H,3-4H2,1-2H3,(H,8,9)(H,10,11);(H2,1,2,3,4). The lowest BCUT2D eigenvalue weighted by Gasteiger charge is -2.03. The van der Waals surface area contributed by atoms with Gasteiger partial charge in [0.05, 0.1) is 0 Å². The van der Waals surface area contributed by atoms with E-state index in [0.717, 1.165) is 0 Å². The molecule has 0 aromatic carbocycles. The molecule has 9 heteroatoms. The lowest BCUT2D eigenvalue weighted by molar-refractivity contribution is -0.138. The van der Waals surface area contributed by atoms with Crippen molar-refractivity contribution in [1.82, 2.24) is 5.32 Å². The zero-order valence-corrected chi connectivity index (χ0v) is 9.69. The first-order valence-electron chi connectivity index (χ1n) is 4.20. The van der Waals surface area contributed by atoms with Gasteiger partial charge in [0.2, 0.25) is 5.91 Å². The second-order valence-corrected chi connectivity index (χ2v) is 4.11. The van der Waals surface area contributed by atoms with Crippen molar-refractivity contribution in [1.29, 1.82) is 0 Å². The van der Waals surface area contributed by atoms with Gasteiger partial charge in [-0.25, -0.2) is 0 Å². The van der Waals surface area contributed by atoms with E-state index >= 15 is 0 Å². The lowest BCUT2D eigenvalue weighted by atomic mass is 10.1. The summed E-state index contributed by atoms with van der Waals surface area (Å²) in [5.41, 5.74) is 0. The minimum Gasteiger partial charge on any atom is -0.480 e. The number of rotatable bonds is 4. The Morgan fingerprint density at radius 3 is 1.88 bits per heavy atom. The third kappa shape index (κ3) is 29.3. The topological polar surface area (TPSA) is 141 Å².